The zero-order chi connectivity index (χ0) is 22.2. The molecule has 0 aliphatic rings. The topological polar surface area (TPSA) is 4.93 Å². The second kappa shape index (κ2) is 8.11. The Labute approximate surface area is 194 Å². The molecule has 0 saturated carbocycles. The molecule has 6 rings (SSSR count). The first-order valence-electron chi connectivity index (χ1n) is 11.6. The smallest absolute Gasteiger partial charge is 0.0547 e. The summed E-state index contributed by atoms with van der Waals surface area (Å²) in [5.41, 5.74) is 10.1. The molecular weight excluding hydrogens is 398 g/mol. The van der Waals surface area contributed by atoms with Crippen LogP contribution in [0.1, 0.15) is 12.5 Å². The van der Waals surface area contributed by atoms with E-state index < -0.39 is 0 Å². The Hall–Kier alpha value is -4.10. The van der Waals surface area contributed by atoms with Crippen molar-refractivity contribution in [2.24, 2.45) is 0 Å². The summed E-state index contributed by atoms with van der Waals surface area (Å²) in [6.07, 6.45) is 1.04. The van der Waals surface area contributed by atoms with E-state index in [0.717, 1.165) is 6.42 Å². The monoisotopic (exact) mass is 423 g/mol. The van der Waals surface area contributed by atoms with Gasteiger partial charge in [0.25, 0.3) is 0 Å². The van der Waals surface area contributed by atoms with Crippen LogP contribution in [0.5, 0.6) is 0 Å². The number of rotatable bonds is 4. The number of fused-ring (bicyclic) bond motifs is 3. The number of aryl methyl sites for hydroxylation is 1. The number of nitrogens with zero attached hydrogens (tertiary/aromatic N) is 1. The predicted molar refractivity (Wildman–Crippen MR) is 141 cm³/mol. The summed E-state index contributed by atoms with van der Waals surface area (Å²) in [5, 5.41) is 2.59. The number of benzene rings is 5. The SMILES string of the molecule is CCc1cccc(-c2cccc3c2c2cc(-c4ccccc4)ccc2n3-c2ccccc2)c1. The van der Waals surface area contributed by atoms with Crippen molar-refractivity contribution in [1.82, 2.24) is 4.57 Å². The normalized spacial score (nSPS) is 11.3. The van der Waals surface area contributed by atoms with Crippen LogP contribution >= 0.6 is 0 Å². The van der Waals surface area contributed by atoms with Crippen LogP contribution < -0.4 is 0 Å². The standard InChI is InChI=1S/C32H25N/c1-2-23-11-9-14-26(21-23)28-17-10-18-31-32(28)29-22-25(24-12-5-3-6-13-24)19-20-30(29)33(31)27-15-7-4-8-16-27/h3-22H,2H2,1H3. The molecule has 0 fully saturated rings. The van der Waals surface area contributed by atoms with E-state index in [1.807, 2.05) is 0 Å². The zero-order valence-corrected chi connectivity index (χ0v) is 18.7. The number of hydrogen-bond acceptors (Lipinski definition) is 0. The molecule has 0 N–H and O–H groups in total. The zero-order valence-electron chi connectivity index (χ0n) is 18.7. The third kappa shape index (κ3) is 3.34. The van der Waals surface area contributed by atoms with E-state index in [0.29, 0.717) is 0 Å². The Morgan fingerprint density at radius 2 is 1.27 bits per heavy atom. The van der Waals surface area contributed by atoms with E-state index in [2.05, 4.69) is 133 Å². The van der Waals surface area contributed by atoms with Crippen molar-refractivity contribution in [1.29, 1.82) is 0 Å². The third-order valence-corrected chi connectivity index (χ3v) is 6.56. The van der Waals surface area contributed by atoms with Crippen molar-refractivity contribution < 1.29 is 0 Å². The lowest BCUT2D eigenvalue weighted by atomic mass is 9.96. The van der Waals surface area contributed by atoms with Gasteiger partial charge in [-0.1, -0.05) is 97.9 Å². The fourth-order valence-electron chi connectivity index (χ4n) is 4.94. The van der Waals surface area contributed by atoms with Crippen LogP contribution in [0.3, 0.4) is 0 Å². The molecule has 0 unspecified atom stereocenters. The summed E-state index contributed by atoms with van der Waals surface area (Å²) in [4.78, 5) is 0. The molecule has 0 aliphatic heterocycles. The van der Waals surface area contributed by atoms with E-state index in [1.54, 1.807) is 0 Å². The maximum Gasteiger partial charge on any atom is 0.0547 e. The summed E-state index contributed by atoms with van der Waals surface area (Å²) in [6, 6.07) is 43.9. The molecule has 1 nitrogen and oxygen atoms in total. The predicted octanol–water partition coefficient (Wildman–Crippen LogP) is 8.68. The van der Waals surface area contributed by atoms with E-state index in [9.17, 15) is 0 Å². The van der Waals surface area contributed by atoms with Gasteiger partial charge in [0.2, 0.25) is 0 Å². The van der Waals surface area contributed by atoms with Gasteiger partial charge in [0.1, 0.15) is 0 Å². The van der Waals surface area contributed by atoms with Crippen molar-refractivity contribution in [3.63, 3.8) is 0 Å². The lowest BCUT2D eigenvalue weighted by Gasteiger charge is -2.09. The first-order chi connectivity index (χ1) is 16.3. The average Bonchev–Trinajstić information content (AvgIpc) is 3.23. The van der Waals surface area contributed by atoms with Crippen LogP contribution in [-0.4, -0.2) is 4.57 Å². The first kappa shape index (κ1) is 19.6. The molecule has 1 heteroatoms. The molecule has 0 amide bonds. The van der Waals surface area contributed by atoms with Crippen LogP contribution in [-0.2, 0) is 6.42 Å². The minimum atomic E-state index is 1.04. The quantitative estimate of drug-likeness (QED) is 0.267. The van der Waals surface area contributed by atoms with Crippen molar-refractivity contribution >= 4 is 21.8 Å². The highest BCUT2D eigenvalue weighted by Gasteiger charge is 2.17. The minimum absolute atomic E-state index is 1.04. The molecule has 5 aromatic carbocycles. The van der Waals surface area contributed by atoms with Crippen molar-refractivity contribution in [3.8, 4) is 27.9 Å². The van der Waals surface area contributed by atoms with Crippen LogP contribution in [0.2, 0.25) is 0 Å². The Balaban J connectivity index is 1.72. The van der Waals surface area contributed by atoms with Crippen LogP contribution in [0.25, 0.3) is 49.7 Å². The van der Waals surface area contributed by atoms with Crippen LogP contribution in [0, 0.1) is 0 Å². The van der Waals surface area contributed by atoms with E-state index in [-0.39, 0.29) is 0 Å². The lowest BCUT2D eigenvalue weighted by molar-refractivity contribution is 1.14. The molecule has 158 valence electrons. The second-order valence-corrected chi connectivity index (χ2v) is 8.52. The van der Waals surface area contributed by atoms with Gasteiger partial charge in [-0.25, -0.2) is 0 Å². The van der Waals surface area contributed by atoms with Crippen molar-refractivity contribution in [3.05, 3.63) is 127 Å². The highest BCUT2D eigenvalue weighted by molar-refractivity contribution is 6.16. The molecule has 1 heterocycles. The Morgan fingerprint density at radius 3 is 2.06 bits per heavy atom. The number of para-hydroxylation sites is 1. The first-order valence-corrected chi connectivity index (χ1v) is 11.6. The van der Waals surface area contributed by atoms with Crippen molar-refractivity contribution in [2.45, 2.75) is 13.3 Å². The van der Waals surface area contributed by atoms with Gasteiger partial charge in [-0.2, -0.15) is 0 Å². The summed E-state index contributed by atoms with van der Waals surface area (Å²) < 4.78 is 2.40. The minimum Gasteiger partial charge on any atom is -0.309 e. The van der Waals surface area contributed by atoms with Gasteiger partial charge in [0.15, 0.2) is 0 Å². The molecule has 0 aliphatic carbocycles. The lowest BCUT2D eigenvalue weighted by Crippen LogP contribution is -1.93. The summed E-state index contributed by atoms with van der Waals surface area (Å²) in [7, 11) is 0. The van der Waals surface area contributed by atoms with Gasteiger partial charge in [-0.05, 0) is 64.6 Å². The highest BCUT2D eigenvalue weighted by atomic mass is 15.0. The van der Waals surface area contributed by atoms with E-state index in [4.69, 9.17) is 0 Å². The molecular formula is C32H25N. The Bertz CT molecular complexity index is 1570. The van der Waals surface area contributed by atoms with Gasteiger partial charge in [0, 0.05) is 16.5 Å². The number of aromatic nitrogens is 1. The fraction of sp³-hybridized carbons (Fsp3) is 0.0625. The molecule has 33 heavy (non-hydrogen) atoms. The fourth-order valence-corrected chi connectivity index (χ4v) is 4.94. The van der Waals surface area contributed by atoms with E-state index >= 15 is 0 Å². The second-order valence-electron chi connectivity index (χ2n) is 8.52. The molecule has 6 aromatic rings. The molecule has 0 spiro atoms. The van der Waals surface area contributed by atoms with Gasteiger partial charge in [-0.3, -0.25) is 0 Å². The van der Waals surface area contributed by atoms with Crippen LogP contribution in [0.15, 0.2) is 121 Å². The van der Waals surface area contributed by atoms with Gasteiger partial charge in [-0.15, -0.1) is 0 Å². The molecule has 0 atom stereocenters. The maximum atomic E-state index is 2.40. The summed E-state index contributed by atoms with van der Waals surface area (Å²) >= 11 is 0. The maximum absolute atomic E-state index is 2.40. The van der Waals surface area contributed by atoms with Crippen molar-refractivity contribution in [2.75, 3.05) is 0 Å². The summed E-state index contributed by atoms with van der Waals surface area (Å²) in [5.74, 6) is 0. The summed E-state index contributed by atoms with van der Waals surface area (Å²) in [6.45, 7) is 2.22. The molecule has 0 bridgehead atoms. The molecule has 1 aromatic heterocycles. The Morgan fingerprint density at radius 1 is 0.545 bits per heavy atom. The average molecular weight is 424 g/mol. The number of hydrogen-bond donors (Lipinski definition) is 0. The van der Waals surface area contributed by atoms with Crippen LogP contribution in [0.4, 0.5) is 0 Å². The van der Waals surface area contributed by atoms with Gasteiger partial charge in [0.05, 0.1) is 11.0 Å². The van der Waals surface area contributed by atoms with Gasteiger partial charge < -0.3 is 4.57 Å². The van der Waals surface area contributed by atoms with Gasteiger partial charge >= 0.3 is 0 Å². The Kier molecular flexibility index (Phi) is 4.81. The molecule has 0 radical (unpaired) electrons. The third-order valence-electron chi connectivity index (χ3n) is 6.56. The molecule has 0 saturated heterocycles. The largest absolute Gasteiger partial charge is 0.309 e. The highest BCUT2D eigenvalue weighted by Crippen LogP contribution is 2.40. The van der Waals surface area contributed by atoms with E-state index in [1.165, 1.54) is 55.3 Å².